The van der Waals surface area contributed by atoms with Crippen LogP contribution in [0.1, 0.15) is 12.8 Å². The van der Waals surface area contributed by atoms with E-state index in [0.717, 1.165) is 12.8 Å². The van der Waals surface area contributed by atoms with Crippen LogP contribution < -0.4 is 10.8 Å². The number of carbonyl (C=O) groups excluding carboxylic acids is 1. The van der Waals surface area contributed by atoms with Gasteiger partial charge >= 0.3 is 6.18 Å². The number of halogens is 3. The lowest BCUT2D eigenvalue weighted by Crippen LogP contribution is -2.36. The average molecular weight is 212 g/mol. The topological polar surface area (TPSA) is 50.4 Å². The fourth-order valence-corrected chi connectivity index (χ4v) is 0.759. The summed E-state index contributed by atoms with van der Waals surface area (Å²) >= 11 is 0. The third-order valence-corrected chi connectivity index (χ3v) is 1.55. The molecule has 0 aromatic heterocycles. The van der Waals surface area contributed by atoms with Crippen molar-refractivity contribution in [3.05, 3.63) is 0 Å². The van der Waals surface area contributed by atoms with Crippen molar-refractivity contribution in [3.63, 3.8) is 0 Å². The van der Waals surface area contributed by atoms with E-state index in [1.807, 2.05) is 0 Å². The number of alkyl halides is 3. The summed E-state index contributed by atoms with van der Waals surface area (Å²) in [6.07, 6.45) is -2.40. The van der Waals surface area contributed by atoms with Crippen LogP contribution in [0.5, 0.6) is 0 Å². The summed E-state index contributed by atoms with van der Waals surface area (Å²) in [6, 6.07) is 0.336. The highest BCUT2D eigenvalue weighted by molar-refractivity contribution is 5.76. The molecule has 0 saturated heterocycles. The second kappa shape index (κ2) is 4.61. The first-order valence-electron chi connectivity index (χ1n) is 4.18. The maximum atomic E-state index is 11.5. The van der Waals surface area contributed by atoms with Crippen LogP contribution in [0.3, 0.4) is 0 Å². The van der Waals surface area contributed by atoms with E-state index in [-0.39, 0.29) is 6.54 Å². The van der Waals surface area contributed by atoms with Crippen molar-refractivity contribution in [3.8, 4) is 0 Å². The molecule has 0 heterocycles. The normalized spacial score (nSPS) is 16.8. The fraction of sp³-hybridized carbons (Fsp3) is 0.857. The van der Waals surface area contributed by atoms with Crippen LogP contribution in [-0.4, -0.2) is 31.3 Å². The zero-order valence-electron chi connectivity index (χ0n) is 7.36. The Hall–Kier alpha value is -0.820. The molecule has 4 nitrogen and oxygen atoms in total. The largest absolute Gasteiger partial charge is 0.414 e. The SMILES string of the molecule is O=C(CNC1CC1)NOCC(F)(F)F. The highest BCUT2D eigenvalue weighted by atomic mass is 19.4. The number of nitrogens with one attached hydrogen (secondary N) is 2. The minimum absolute atomic E-state index is 0.0114. The standard InChI is InChI=1S/C7H11F3N2O2/c8-7(9,10)4-14-12-6(13)3-11-5-1-2-5/h5,11H,1-4H2,(H,12,13). The molecule has 7 heteroatoms. The van der Waals surface area contributed by atoms with Crippen molar-refractivity contribution in [2.24, 2.45) is 0 Å². The number of rotatable bonds is 5. The number of hydroxylamine groups is 1. The van der Waals surface area contributed by atoms with Crippen LogP contribution >= 0.6 is 0 Å². The van der Waals surface area contributed by atoms with E-state index in [1.54, 1.807) is 5.48 Å². The van der Waals surface area contributed by atoms with E-state index in [9.17, 15) is 18.0 Å². The van der Waals surface area contributed by atoms with Crippen molar-refractivity contribution in [2.45, 2.75) is 25.1 Å². The maximum absolute atomic E-state index is 11.5. The number of carbonyl (C=O) groups is 1. The molecule has 0 spiro atoms. The molecule has 1 rings (SSSR count). The molecule has 0 aromatic carbocycles. The van der Waals surface area contributed by atoms with E-state index in [1.165, 1.54) is 0 Å². The first kappa shape index (κ1) is 11.3. The molecule has 1 aliphatic carbocycles. The maximum Gasteiger partial charge on any atom is 0.414 e. The lowest BCUT2D eigenvalue weighted by atomic mass is 10.5. The van der Waals surface area contributed by atoms with E-state index < -0.39 is 18.7 Å². The Morgan fingerprint density at radius 1 is 1.43 bits per heavy atom. The lowest BCUT2D eigenvalue weighted by molar-refractivity contribution is -0.191. The van der Waals surface area contributed by atoms with Gasteiger partial charge in [0.05, 0.1) is 6.54 Å². The summed E-state index contributed by atoms with van der Waals surface area (Å²) in [6.45, 7) is -1.48. The zero-order valence-corrected chi connectivity index (χ0v) is 7.36. The Labute approximate surface area is 78.7 Å². The first-order chi connectivity index (χ1) is 6.47. The van der Waals surface area contributed by atoms with Crippen molar-refractivity contribution >= 4 is 5.91 Å². The van der Waals surface area contributed by atoms with Gasteiger partial charge in [0.15, 0.2) is 6.61 Å². The monoisotopic (exact) mass is 212 g/mol. The Morgan fingerprint density at radius 3 is 2.57 bits per heavy atom. The van der Waals surface area contributed by atoms with Gasteiger partial charge in [-0.05, 0) is 12.8 Å². The highest BCUT2D eigenvalue weighted by Gasteiger charge is 2.28. The molecule has 2 N–H and O–H groups in total. The molecule has 82 valence electrons. The average Bonchev–Trinajstić information content (AvgIpc) is 2.81. The van der Waals surface area contributed by atoms with Crippen LogP contribution in [-0.2, 0) is 9.63 Å². The summed E-state index contributed by atoms with van der Waals surface area (Å²) in [5, 5.41) is 2.83. The van der Waals surface area contributed by atoms with Crippen LogP contribution in [0, 0.1) is 0 Å². The molecular weight excluding hydrogens is 201 g/mol. The van der Waals surface area contributed by atoms with Gasteiger partial charge < -0.3 is 5.32 Å². The van der Waals surface area contributed by atoms with Crippen LogP contribution in [0.25, 0.3) is 0 Å². The smallest absolute Gasteiger partial charge is 0.306 e. The van der Waals surface area contributed by atoms with Gasteiger partial charge in [0.1, 0.15) is 0 Å². The second-order valence-corrected chi connectivity index (χ2v) is 3.08. The molecule has 0 aromatic rings. The molecule has 1 fully saturated rings. The third-order valence-electron chi connectivity index (χ3n) is 1.55. The Balaban J connectivity index is 1.96. The number of hydrogen-bond acceptors (Lipinski definition) is 3. The van der Waals surface area contributed by atoms with E-state index in [0.29, 0.717) is 6.04 Å². The van der Waals surface area contributed by atoms with Crippen molar-refractivity contribution < 1.29 is 22.8 Å². The van der Waals surface area contributed by atoms with Crippen LogP contribution in [0.2, 0.25) is 0 Å². The van der Waals surface area contributed by atoms with Gasteiger partial charge in [0.25, 0.3) is 5.91 Å². The molecule has 1 aliphatic rings. The number of hydrogen-bond donors (Lipinski definition) is 2. The predicted molar refractivity (Wildman–Crippen MR) is 41.2 cm³/mol. The van der Waals surface area contributed by atoms with E-state index in [4.69, 9.17) is 0 Å². The van der Waals surface area contributed by atoms with Gasteiger partial charge in [0.2, 0.25) is 0 Å². The van der Waals surface area contributed by atoms with Gasteiger partial charge in [-0.25, -0.2) is 5.48 Å². The Morgan fingerprint density at radius 2 is 2.07 bits per heavy atom. The van der Waals surface area contributed by atoms with E-state index >= 15 is 0 Å². The Bertz CT molecular complexity index is 204. The number of amides is 1. The van der Waals surface area contributed by atoms with Gasteiger partial charge in [-0.15, -0.1) is 0 Å². The quantitative estimate of drug-likeness (QED) is 0.646. The summed E-state index contributed by atoms with van der Waals surface area (Å²) in [7, 11) is 0. The van der Waals surface area contributed by atoms with Gasteiger partial charge in [-0.3, -0.25) is 9.63 Å². The van der Waals surface area contributed by atoms with E-state index in [2.05, 4.69) is 10.2 Å². The first-order valence-corrected chi connectivity index (χ1v) is 4.18. The summed E-state index contributed by atoms with van der Waals surface area (Å²) < 4.78 is 34.6. The lowest BCUT2D eigenvalue weighted by Gasteiger charge is -2.08. The minimum atomic E-state index is -4.42. The minimum Gasteiger partial charge on any atom is -0.306 e. The van der Waals surface area contributed by atoms with Crippen molar-refractivity contribution in [1.82, 2.24) is 10.8 Å². The third kappa shape index (κ3) is 5.76. The molecule has 0 aliphatic heterocycles. The summed E-state index contributed by atoms with van der Waals surface area (Å²) in [4.78, 5) is 14.7. The Kier molecular flexibility index (Phi) is 3.70. The molecule has 1 amide bonds. The molecule has 1 saturated carbocycles. The van der Waals surface area contributed by atoms with Crippen LogP contribution in [0.15, 0.2) is 0 Å². The zero-order chi connectivity index (χ0) is 10.6. The van der Waals surface area contributed by atoms with Crippen LogP contribution in [0.4, 0.5) is 13.2 Å². The molecule has 0 radical (unpaired) electrons. The fourth-order valence-electron chi connectivity index (χ4n) is 0.759. The predicted octanol–water partition coefficient (Wildman–Crippen LogP) is 0.348. The molecular formula is C7H11F3N2O2. The molecule has 14 heavy (non-hydrogen) atoms. The summed E-state index contributed by atoms with van der Waals surface area (Å²) in [5.41, 5.74) is 1.70. The second-order valence-electron chi connectivity index (χ2n) is 3.08. The van der Waals surface area contributed by atoms with Crippen molar-refractivity contribution in [1.29, 1.82) is 0 Å². The van der Waals surface area contributed by atoms with Gasteiger partial charge in [-0.1, -0.05) is 0 Å². The molecule has 0 unspecified atom stereocenters. The van der Waals surface area contributed by atoms with Gasteiger partial charge in [-0.2, -0.15) is 13.2 Å². The molecule has 0 bridgehead atoms. The molecule has 0 atom stereocenters. The highest BCUT2D eigenvalue weighted by Crippen LogP contribution is 2.17. The van der Waals surface area contributed by atoms with Gasteiger partial charge in [0, 0.05) is 6.04 Å². The summed E-state index contributed by atoms with van der Waals surface area (Å²) in [5.74, 6) is -0.596. The van der Waals surface area contributed by atoms with Crippen molar-refractivity contribution in [2.75, 3.05) is 13.2 Å².